The molecule has 3 heterocycles. The molecule has 5 nitrogen and oxygen atoms in total. The first-order valence-corrected chi connectivity index (χ1v) is 16.1. The highest BCUT2D eigenvalue weighted by Gasteiger charge is 2.23. The van der Waals surface area contributed by atoms with Crippen LogP contribution in [0.5, 0.6) is 0 Å². The molecule has 10 rings (SSSR count). The molecule has 0 unspecified atom stereocenters. The monoisotopic (exact) mass is 617 g/mol. The summed E-state index contributed by atoms with van der Waals surface area (Å²) in [4.78, 5) is 7.26. The fourth-order valence-electron chi connectivity index (χ4n) is 7.10. The summed E-state index contributed by atoms with van der Waals surface area (Å²) >= 11 is 0. The number of fused-ring (bicyclic) bond motifs is 8. The van der Waals surface area contributed by atoms with Crippen molar-refractivity contribution in [3.8, 4) is 17.1 Å². The zero-order valence-corrected chi connectivity index (χ0v) is 25.7. The Hall–Kier alpha value is -6.59. The van der Waals surface area contributed by atoms with Crippen molar-refractivity contribution in [2.24, 2.45) is 0 Å². The predicted octanol–water partition coefficient (Wildman–Crippen LogP) is 12.0. The first-order chi connectivity index (χ1) is 23.8. The maximum Gasteiger partial charge on any atom is 0.227 e. The second-order valence-electron chi connectivity index (χ2n) is 12.0. The number of anilines is 3. The second kappa shape index (κ2) is 10.5. The summed E-state index contributed by atoms with van der Waals surface area (Å²) in [5, 5.41) is 4.33. The SMILES string of the molecule is c1ccc(-c2nc3c(ccc4oc5c(N(c6ccccc6)c6ccc7c(c6)c6ccccc6n7-c6ccccc6)cccc5c43)o2)cc1. The molecular formula is C43H27N3O2. The molecule has 48 heavy (non-hydrogen) atoms. The van der Waals surface area contributed by atoms with Crippen molar-refractivity contribution in [1.82, 2.24) is 9.55 Å². The average molecular weight is 618 g/mol. The third-order valence-corrected chi connectivity index (χ3v) is 9.20. The van der Waals surface area contributed by atoms with E-state index in [1.807, 2.05) is 48.5 Å². The standard InChI is InChI=1S/C43H27N3O2/c1-4-13-28(14-5-1)43-44-41-39(48-43)26-25-38-40(41)33-20-12-22-37(42(33)47-38)45(29-15-6-2-7-16-29)31-23-24-36-34(27-31)32-19-10-11-21-35(32)46(36)30-17-8-3-9-18-30/h1-27H. The largest absolute Gasteiger partial charge is 0.454 e. The van der Waals surface area contributed by atoms with Gasteiger partial charge in [0.25, 0.3) is 0 Å². The van der Waals surface area contributed by atoms with Crippen molar-refractivity contribution in [2.75, 3.05) is 4.90 Å². The highest BCUT2D eigenvalue weighted by atomic mass is 16.4. The lowest BCUT2D eigenvalue weighted by atomic mass is 10.1. The van der Waals surface area contributed by atoms with E-state index in [1.165, 1.54) is 16.3 Å². The van der Waals surface area contributed by atoms with E-state index < -0.39 is 0 Å². The first kappa shape index (κ1) is 26.6. The molecule has 226 valence electrons. The van der Waals surface area contributed by atoms with E-state index in [4.69, 9.17) is 13.8 Å². The summed E-state index contributed by atoms with van der Waals surface area (Å²) in [6.07, 6.45) is 0. The van der Waals surface area contributed by atoms with Crippen LogP contribution in [-0.4, -0.2) is 9.55 Å². The summed E-state index contributed by atoms with van der Waals surface area (Å²) in [7, 11) is 0. The summed E-state index contributed by atoms with van der Waals surface area (Å²) in [6.45, 7) is 0. The van der Waals surface area contributed by atoms with E-state index in [2.05, 4.69) is 125 Å². The summed E-state index contributed by atoms with van der Waals surface area (Å²) in [5.74, 6) is 0.595. The van der Waals surface area contributed by atoms with Gasteiger partial charge in [-0.3, -0.25) is 0 Å². The van der Waals surface area contributed by atoms with Gasteiger partial charge in [-0.05, 0) is 78.9 Å². The van der Waals surface area contributed by atoms with Gasteiger partial charge in [0.1, 0.15) is 11.1 Å². The van der Waals surface area contributed by atoms with Gasteiger partial charge in [-0.25, -0.2) is 4.98 Å². The van der Waals surface area contributed by atoms with Crippen LogP contribution in [0.3, 0.4) is 0 Å². The Morgan fingerprint density at radius 1 is 0.500 bits per heavy atom. The topological polar surface area (TPSA) is 47.3 Å². The quantitative estimate of drug-likeness (QED) is 0.193. The van der Waals surface area contributed by atoms with Crippen LogP contribution in [-0.2, 0) is 0 Å². The molecule has 0 aliphatic rings. The normalized spacial score (nSPS) is 11.8. The highest BCUT2D eigenvalue weighted by Crippen LogP contribution is 2.45. The molecule has 0 fully saturated rings. The van der Waals surface area contributed by atoms with Crippen LogP contribution in [0.1, 0.15) is 0 Å². The fraction of sp³-hybridized carbons (Fsp3) is 0. The molecule has 3 aromatic heterocycles. The lowest BCUT2D eigenvalue weighted by Gasteiger charge is -2.25. The molecule has 0 amide bonds. The first-order valence-electron chi connectivity index (χ1n) is 16.1. The van der Waals surface area contributed by atoms with Crippen LogP contribution in [0.2, 0.25) is 0 Å². The van der Waals surface area contributed by atoms with Gasteiger partial charge in [-0.15, -0.1) is 0 Å². The van der Waals surface area contributed by atoms with Gasteiger partial charge in [0.2, 0.25) is 5.89 Å². The van der Waals surface area contributed by atoms with Crippen molar-refractivity contribution in [2.45, 2.75) is 0 Å². The molecule has 0 aliphatic heterocycles. The van der Waals surface area contributed by atoms with Crippen LogP contribution >= 0.6 is 0 Å². The Labute approximate surface area is 275 Å². The van der Waals surface area contributed by atoms with Crippen molar-refractivity contribution in [3.05, 3.63) is 164 Å². The molecule has 5 heteroatoms. The Morgan fingerprint density at radius 2 is 1.19 bits per heavy atom. The minimum Gasteiger partial charge on any atom is -0.454 e. The van der Waals surface area contributed by atoms with Crippen molar-refractivity contribution in [3.63, 3.8) is 0 Å². The highest BCUT2D eigenvalue weighted by molar-refractivity contribution is 6.19. The maximum atomic E-state index is 6.72. The number of hydrogen-bond acceptors (Lipinski definition) is 4. The van der Waals surface area contributed by atoms with E-state index in [0.717, 1.165) is 66.9 Å². The summed E-state index contributed by atoms with van der Waals surface area (Å²) in [5.41, 5.74) is 10.5. The molecule has 10 aromatic rings. The Kier molecular flexibility index (Phi) is 5.81. The minimum absolute atomic E-state index is 0.595. The fourth-order valence-corrected chi connectivity index (χ4v) is 7.10. The van der Waals surface area contributed by atoms with Gasteiger partial charge in [0, 0.05) is 38.8 Å². The number of oxazole rings is 1. The Bertz CT molecular complexity index is 2780. The third kappa shape index (κ3) is 4.01. The maximum absolute atomic E-state index is 6.72. The van der Waals surface area contributed by atoms with Crippen LogP contribution in [0.15, 0.2) is 173 Å². The molecular weight excluding hydrogens is 590 g/mol. The minimum atomic E-state index is 0.595. The molecule has 0 atom stereocenters. The van der Waals surface area contributed by atoms with Crippen molar-refractivity contribution in [1.29, 1.82) is 0 Å². The molecule has 0 aliphatic carbocycles. The van der Waals surface area contributed by atoms with Crippen LogP contribution in [0.4, 0.5) is 17.1 Å². The molecule has 0 saturated carbocycles. The van der Waals surface area contributed by atoms with E-state index in [9.17, 15) is 0 Å². The summed E-state index contributed by atoms with van der Waals surface area (Å²) in [6, 6.07) is 56.7. The van der Waals surface area contributed by atoms with Gasteiger partial charge in [0.05, 0.1) is 22.1 Å². The predicted molar refractivity (Wildman–Crippen MR) is 196 cm³/mol. The zero-order chi connectivity index (χ0) is 31.6. The van der Waals surface area contributed by atoms with E-state index in [-0.39, 0.29) is 0 Å². The van der Waals surface area contributed by atoms with Gasteiger partial charge in [0.15, 0.2) is 11.2 Å². The average Bonchev–Trinajstić information content (AvgIpc) is 3.85. The number of rotatable bonds is 5. The molecule has 0 bridgehead atoms. The second-order valence-corrected chi connectivity index (χ2v) is 12.0. The third-order valence-electron chi connectivity index (χ3n) is 9.20. The van der Waals surface area contributed by atoms with E-state index in [1.54, 1.807) is 0 Å². The number of para-hydroxylation sites is 4. The smallest absolute Gasteiger partial charge is 0.227 e. The zero-order valence-electron chi connectivity index (χ0n) is 25.7. The number of nitrogens with zero attached hydrogens (tertiary/aromatic N) is 3. The summed E-state index contributed by atoms with van der Waals surface area (Å²) < 4.78 is 15.3. The number of hydrogen-bond donors (Lipinski definition) is 0. The number of benzene rings is 7. The van der Waals surface area contributed by atoms with Crippen LogP contribution in [0, 0.1) is 0 Å². The van der Waals surface area contributed by atoms with E-state index in [0.29, 0.717) is 5.89 Å². The van der Waals surface area contributed by atoms with Gasteiger partial charge in [-0.1, -0.05) is 84.9 Å². The lowest BCUT2D eigenvalue weighted by molar-refractivity contribution is 0.619. The van der Waals surface area contributed by atoms with Gasteiger partial charge in [-0.2, -0.15) is 0 Å². The van der Waals surface area contributed by atoms with Gasteiger partial charge >= 0.3 is 0 Å². The van der Waals surface area contributed by atoms with E-state index >= 15 is 0 Å². The molecule has 0 spiro atoms. The molecule has 7 aromatic carbocycles. The lowest BCUT2D eigenvalue weighted by Crippen LogP contribution is -2.10. The number of furan rings is 1. The molecule has 0 saturated heterocycles. The number of aromatic nitrogens is 2. The van der Waals surface area contributed by atoms with Crippen LogP contribution in [0.25, 0.3) is 72.0 Å². The molecule has 0 radical (unpaired) electrons. The Balaban J connectivity index is 1.21. The molecule has 0 N–H and O–H groups in total. The van der Waals surface area contributed by atoms with Crippen molar-refractivity contribution >= 4 is 71.9 Å². The van der Waals surface area contributed by atoms with Gasteiger partial charge < -0.3 is 18.3 Å². The van der Waals surface area contributed by atoms with Crippen molar-refractivity contribution < 1.29 is 8.83 Å². The Morgan fingerprint density at radius 3 is 2.02 bits per heavy atom. The van der Waals surface area contributed by atoms with Crippen LogP contribution < -0.4 is 4.90 Å².